The maximum Gasteiger partial charge on any atom is 0.303 e. The third-order valence-electron chi connectivity index (χ3n) is 5.04. The van der Waals surface area contributed by atoms with Gasteiger partial charge in [-0.05, 0) is 43.4 Å². The van der Waals surface area contributed by atoms with Crippen molar-refractivity contribution in [3.63, 3.8) is 0 Å². The average Bonchev–Trinajstić information content (AvgIpc) is 2.59. The number of hydrogen-bond donors (Lipinski definition) is 1. The first-order valence-electron chi connectivity index (χ1n) is 8.95. The lowest BCUT2D eigenvalue weighted by Gasteiger charge is -2.38. The number of rotatable bonds is 10. The van der Waals surface area contributed by atoms with Crippen molar-refractivity contribution in [1.29, 1.82) is 0 Å². The monoisotopic (exact) mass is 336 g/mol. The van der Waals surface area contributed by atoms with Crippen molar-refractivity contribution in [2.45, 2.75) is 77.9 Å². The zero-order valence-corrected chi connectivity index (χ0v) is 15.7. The fraction of sp³-hybridized carbons (Fsp3) is 0.650. The van der Waals surface area contributed by atoms with E-state index in [1.165, 1.54) is 6.92 Å². The molecule has 4 nitrogen and oxygen atoms in total. The molecule has 0 aromatic heterocycles. The minimum atomic E-state index is -0.559. The van der Waals surface area contributed by atoms with Crippen LogP contribution in [0.2, 0.25) is 0 Å². The van der Waals surface area contributed by atoms with Gasteiger partial charge >= 0.3 is 5.97 Å². The van der Waals surface area contributed by atoms with Crippen LogP contribution in [0.25, 0.3) is 0 Å². The molecule has 0 amide bonds. The number of carbonyl (C=O) groups excluding carboxylic acids is 1. The van der Waals surface area contributed by atoms with Gasteiger partial charge in [0.15, 0.2) is 0 Å². The maximum atomic E-state index is 11.5. The Labute approximate surface area is 146 Å². The number of carbonyl (C=O) groups is 1. The summed E-state index contributed by atoms with van der Waals surface area (Å²) in [4.78, 5) is 11.5. The van der Waals surface area contributed by atoms with E-state index in [0.717, 1.165) is 37.7 Å². The topological polar surface area (TPSA) is 55.8 Å². The first-order valence-corrected chi connectivity index (χ1v) is 8.95. The van der Waals surface area contributed by atoms with Crippen LogP contribution in [-0.2, 0) is 20.7 Å². The molecule has 0 bridgehead atoms. The van der Waals surface area contributed by atoms with E-state index in [4.69, 9.17) is 9.47 Å². The van der Waals surface area contributed by atoms with E-state index in [1.54, 1.807) is 12.1 Å². The third kappa shape index (κ3) is 5.52. The molecule has 0 saturated heterocycles. The van der Waals surface area contributed by atoms with Crippen LogP contribution in [-0.4, -0.2) is 28.9 Å². The van der Waals surface area contributed by atoms with Crippen molar-refractivity contribution in [3.05, 3.63) is 29.8 Å². The highest BCUT2D eigenvalue weighted by atomic mass is 16.6. The van der Waals surface area contributed by atoms with Crippen LogP contribution < -0.4 is 0 Å². The number of aromatic hydroxyl groups is 1. The van der Waals surface area contributed by atoms with Crippen LogP contribution in [0.1, 0.15) is 65.9 Å². The number of benzene rings is 1. The average molecular weight is 336 g/mol. The molecule has 136 valence electrons. The second-order valence-electron chi connectivity index (χ2n) is 6.51. The number of phenols is 1. The molecule has 0 aliphatic rings. The zero-order valence-electron chi connectivity index (χ0n) is 15.7. The summed E-state index contributed by atoms with van der Waals surface area (Å²) in [6, 6.07) is 7.26. The molecule has 24 heavy (non-hydrogen) atoms. The smallest absolute Gasteiger partial charge is 0.303 e. The molecule has 0 unspecified atom stereocenters. The molecule has 0 aliphatic heterocycles. The quantitative estimate of drug-likeness (QED) is 0.633. The van der Waals surface area contributed by atoms with E-state index in [1.807, 2.05) is 26.0 Å². The molecular weight excluding hydrogens is 304 g/mol. The Morgan fingerprint density at radius 1 is 0.958 bits per heavy atom. The van der Waals surface area contributed by atoms with Crippen molar-refractivity contribution in [2.75, 3.05) is 6.61 Å². The second kappa shape index (κ2) is 9.07. The van der Waals surface area contributed by atoms with Crippen molar-refractivity contribution in [2.24, 2.45) is 0 Å². The summed E-state index contributed by atoms with van der Waals surface area (Å²) >= 11 is 0. The van der Waals surface area contributed by atoms with Gasteiger partial charge in [-0.25, -0.2) is 0 Å². The zero-order chi connectivity index (χ0) is 18.2. The van der Waals surface area contributed by atoms with Gasteiger partial charge in [0.05, 0.1) is 12.2 Å². The van der Waals surface area contributed by atoms with Crippen LogP contribution >= 0.6 is 0 Å². The molecule has 1 rings (SSSR count). The molecular formula is C20H32O4. The molecule has 0 saturated carbocycles. The van der Waals surface area contributed by atoms with E-state index >= 15 is 0 Å². The highest BCUT2D eigenvalue weighted by Gasteiger charge is 2.35. The van der Waals surface area contributed by atoms with Crippen LogP contribution in [0.5, 0.6) is 5.75 Å². The first kappa shape index (κ1) is 20.5. The largest absolute Gasteiger partial charge is 0.508 e. The SMILES string of the molecule is CCC(CC)(Cc1ccc(O)cc1)OCC(CC)(CC)OC(C)=O. The number of hydrogen-bond acceptors (Lipinski definition) is 4. The number of esters is 1. The van der Waals surface area contributed by atoms with Crippen molar-refractivity contribution >= 4 is 5.97 Å². The summed E-state index contributed by atoms with van der Waals surface area (Å²) in [5.74, 6) is 0.00328. The Morgan fingerprint density at radius 3 is 1.88 bits per heavy atom. The van der Waals surface area contributed by atoms with Gasteiger partial charge in [0, 0.05) is 13.3 Å². The Kier molecular flexibility index (Phi) is 7.74. The third-order valence-corrected chi connectivity index (χ3v) is 5.04. The lowest BCUT2D eigenvalue weighted by molar-refractivity contribution is -0.176. The molecule has 0 atom stereocenters. The second-order valence-corrected chi connectivity index (χ2v) is 6.51. The lowest BCUT2D eigenvalue weighted by atomic mass is 9.88. The highest BCUT2D eigenvalue weighted by molar-refractivity contribution is 5.66. The van der Waals surface area contributed by atoms with Gasteiger partial charge in [-0.2, -0.15) is 0 Å². The van der Waals surface area contributed by atoms with Crippen molar-refractivity contribution in [3.8, 4) is 5.75 Å². The van der Waals surface area contributed by atoms with E-state index in [0.29, 0.717) is 6.61 Å². The van der Waals surface area contributed by atoms with Crippen LogP contribution in [0.4, 0.5) is 0 Å². The van der Waals surface area contributed by atoms with Crippen LogP contribution in [0, 0.1) is 0 Å². The molecule has 0 spiro atoms. The summed E-state index contributed by atoms with van der Waals surface area (Å²) < 4.78 is 12.0. The van der Waals surface area contributed by atoms with Gasteiger partial charge in [0.2, 0.25) is 0 Å². The Morgan fingerprint density at radius 2 is 1.46 bits per heavy atom. The minimum Gasteiger partial charge on any atom is -0.508 e. The van der Waals surface area contributed by atoms with Gasteiger partial charge in [-0.15, -0.1) is 0 Å². The van der Waals surface area contributed by atoms with Gasteiger partial charge in [-0.1, -0.05) is 39.8 Å². The van der Waals surface area contributed by atoms with E-state index in [9.17, 15) is 9.90 Å². The number of ether oxygens (including phenoxy) is 2. The summed E-state index contributed by atoms with van der Waals surface area (Å²) in [6.45, 7) is 10.1. The highest BCUT2D eigenvalue weighted by Crippen LogP contribution is 2.30. The van der Waals surface area contributed by atoms with Crippen molar-refractivity contribution in [1.82, 2.24) is 0 Å². The Hall–Kier alpha value is -1.55. The molecule has 0 heterocycles. The molecule has 1 aromatic carbocycles. The van der Waals surface area contributed by atoms with Crippen LogP contribution in [0.3, 0.4) is 0 Å². The molecule has 0 radical (unpaired) electrons. The normalized spacial score (nSPS) is 12.2. The standard InChI is InChI=1S/C20H32O4/c1-6-19(7-2,14-17-10-12-18(22)13-11-17)23-15-20(8-3,9-4)24-16(5)21/h10-13,22H,6-9,14-15H2,1-5H3. The fourth-order valence-corrected chi connectivity index (χ4v) is 2.96. The molecule has 0 aliphatic carbocycles. The molecule has 4 heteroatoms. The lowest BCUT2D eigenvalue weighted by Crippen LogP contribution is -2.44. The fourth-order valence-electron chi connectivity index (χ4n) is 2.96. The maximum absolute atomic E-state index is 11.5. The Bertz CT molecular complexity index is 499. The van der Waals surface area contributed by atoms with E-state index in [2.05, 4.69) is 13.8 Å². The minimum absolute atomic E-state index is 0.264. The molecule has 1 N–H and O–H groups in total. The van der Waals surface area contributed by atoms with Gasteiger partial charge < -0.3 is 14.6 Å². The summed E-state index contributed by atoms with van der Waals surface area (Å²) in [7, 11) is 0. The summed E-state index contributed by atoms with van der Waals surface area (Å²) in [5, 5.41) is 9.45. The predicted molar refractivity (Wildman–Crippen MR) is 96.2 cm³/mol. The summed E-state index contributed by atoms with van der Waals surface area (Å²) in [5.41, 5.74) is 0.269. The van der Waals surface area contributed by atoms with Crippen LogP contribution in [0.15, 0.2) is 24.3 Å². The van der Waals surface area contributed by atoms with Crippen molar-refractivity contribution < 1.29 is 19.4 Å². The first-order chi connectivity index (χ1) is 11.3. The van der Waals surface area contributed by atoms with E-state index in [-0.39, 0.29) is 17.3 Å². The van der Waals surface area contributed by atoms with Gasteiger partial charge in [0.1, 0.15) is 11.4 Å². The number of phenolic OH excluding ortho intramolecular Hbond substituents is 1. The molecule has 1 aromatic rings. The Balaban J connectivity index is 2.90. The van der Waals surface area contributed by atoms with Gasteiger partial charge in [0.25, 0.3) is 0 Å². The summed E-state index contributed by atoms with van der Waals surface area (Å²) in [6.07, 6.45) is 3.96. The van der Waals surface area contributed by atoms with Gasteiger partial charge in [-0.3, -0.25) is 4.79 Å². The molecule has 0 fully saturated rings. The van der Waals surface area contributed by atoms with E-state index < -0.39 is 5.60 Å². The predicted octanol–water partition coefficient (Wildman–Crippen LogP) is 4.63.